The van der Waals surface area contributed by atoms with Crippen molar-refractivity contribution in [2.75, 3.05) is 30.5 Å². The van der Waals surface area contributed by atoms with E-state index in [-0.39, 0.29) is 0 Å². The van der Waals surface area contributed by atoms with Gasteiger partial charge in [-0.15, -0.1) is 0 Å². The predicted octanol–water partition coefficient (Wildman–Crippen LogP) is 2.67. The minimum absolute atomic E-state index is 0.393. The van der Waals surface area contributed by atoms with Crippen LogP contribution in [-0.2, 0) is 0 Å². The molecule has 0 bridgehead atoms. The van der Waals surface area contributed by atoms with Gasteiger partial charge in [-0.25, -0.2) is 4.98 Å². The largest absolute Gasteiger partial charge is 0.389 e. The zero-order valence-electron chi connectivity index (χ0n) is 11.1. The lowest BCUT2D eigenvalue weighted by Gasteiger charge is -2.21. The molecule has 2 aromatic rings. The summed E-state index contributed by atoms with van der Waals surface area (Å²) in [6, 6.07) is 10.0. The van der Waals surface area contributed by atoms with Crippen molar-refractivity contribution in [3.05, 3.63) is 35.9 Å². The summed E-state index contributed by atoms with van der Waals surface area (Å²) < 4.78 is 0. The molecule has 0 atom stereocenters. The number of hydrogen-bond donors (Lipinski definition) is 1. The first-order valence-electron chi connectivity index (χ1n) is 6.03. The van der Waals surface area contributed by atoms with E-state index in [2.05, 4.69) is 11.2 Å². The normalized spacial score (nSPS) is 10.6. The molecule has 0 aliphatic rings. The van der Waals surface area contributed by atoms with Crippen LogP contribution in [0.15, 0.2) is 30.3 Å². The number of thiocarbonyl (C=S) groups is 1. The van der Waals surface area contributed by atoms with E-state index < -0.39 is 0 Å². The maximum Gasteiger partial charge on any atom is 0.139 e. The number of anilines is 1. The van der Waals surface area contributed by atoms with E-state index in [9.17, 15) is 0 Å². The second-order valence-electron chi connectivity index (χ2n) is 4.33. The van der Waals surface area contributed by atoms with Crippen LogP contribution >= 0.6 is 24.0 Å². The predicted molar refractivity (Wildman–Crippen MR) is 89.3 cm³/mol. The Kier molecular flexibility index (Phi) is 4.61. The van der Waals surface area contributed by atoms with Gasteiger partial charge in [-0.1, -0.05) is 30.4 Å². The van der Waals surface area contributed by atoms with Crippen LogP contribution in [0.2, 0.25) is 0 Å². The standard InChI is InChI=1S/C14H17N3S2/c1-17(7-8-19-2)14-11(13(15)18)9-10-5-3-4-6-12(10)16-14/h3-6,9H,7-8H2,1-2H3,(H2,15,18). The molecule has 0 fully saturated rings. The van der Waals surface area contributed by atoms with Crippen molar-refractivity contribution in [2.45, 2.75) is 0 Å². The van der Waals surface area contributed by atoms with Crippen LogP contribution in [0.1, 0.15) is 5.56 Å². The van der Waals surface area contributed by atoms with Crippen LogP contribution in [0.4, 0.5) is 5.82 Å². The molecule has 0 amide bonds. The maximum absolute atomic E-state index is 5.83. The van der Waals surface area contributed by atoms with Gasteiger partial charge in [-0.2, -0.15) is 11.8 Å². The van der Waals surface area contributed by atoms with Crippen LogP contribution in [0.25, 0.3) is 10.9 Å². The van der Waals surface area contributed by atoms with Crippen LogP contribution in [0.3, 0.4) is 0 Å². The number of fused-ring (bicyclic) bond motifs is 1. The van der Waals surface area contributed by atoms with Crippen molar-refractivity contribution in [1.82, 2.24) is 4.98 Å². The summed E-state index contributed by atoms with van der Waals surface area (Å²) in [6.07, 6.45) is 2.09. The Morgan fingerprint density at radius 3 is 2.84 bits per heavy atom. The van der Waals surface area contributed by atoms with E-state index in [0.29, 0.717) is 4.99 Å². The highest BCUT2D eigenvalue weighted by molar-refractivity contribution is 7.98. The SMILES string of the molecule is CSCCN(C)c1nc2ccccc2cc1C(N)=S. The lowest BCUT2D eigenvalue weighted by atomic mass is 10.1. The van der Waals surface area contributed by atoms with E-state index in [1.54, 1.807) is 0 Å². The third-order valence-corrected chi connectivity index (χ3v) is 3.77. The molecule has 0 aliphatic heterocycles. The van der Waals surface area contributed by atoms with Crippen molar-refractivity contribution < 1.29 is 0 Å². The van der Waals surface area contributed by atoms with Crippen LogP contribution in [0.5, 0.6) is 0 Å². The van der Waals surface area contributed by atoms with Crippen LogP contribution in [0, 0.1) is 0 Å². The summed E-state index contributed by atoms with van der Waals surface area (Å²) in [5.74, 6) is 1.90. The van der Waals surface area contributed by atoms with Crippen molar-refractivity contribution in [3.8, 4) is 0 Å². The summed E-state index contributed by atoms with van der Waals surface area (Å²) in [4.78, 5) is 7.20. The number of nitrogens with two attached hydrogens (primary N) is 1. The van der Waals surface area contributed by atoms with Gasteiger partial charge in [0.05, 0.1) is 11.1 Å². The number of para-hydroxylation sites is 1. The fraction of sp³-hybridized carbons (Fsp3) is 0.286. The van der Waals surface area contributed by atoms with Gasteiger partial charge >= 0.3 is 0 Å². The van der Waals surface area contributed by atoms with Gasteiger partial charge in [0.25, 0.3) is 0 Å². The first-order chi connectivity index (χ1) is 9.13. The molecular formula is C14H17N3S2. The quantitative estimate of drug-likeness (QED) is 0.858. The van der Waals surface area contributed by atoms with E-state index >= 15 is 0 Å². The fourth-order valence-electron chi connectivity index (χ4n) is 1.91. The molecule has 0 saturated heterocycles. The summed E-state index contributed by atoms with van der Waals surface area (Å²) >= 11 is 6.96. The Balaban J connectivity index is 2.50. The number of hydrogen-bond acceptors (Lipinski definition) is 4. The lowest BCUT2D eigenvalue weighted by molar-refractivity contribution is 0.951. The average molecular weight is 291 g/mol. The number of aromatic nitrogens is 1. The molecule has 2 N–H and O–H groups in total. The lowest BCUT2D eigenvalue weighted by Crippen LogP contribution is -2.25. The van der Waals surface area contributed by atoms with E-state index in [0.717, 1.165) is 34.6 Å². The highest BCUT2D eigenvalue weighted by Crippen LogP contribution is 2.23. The van der Waals surface area contributed by atoms with Gasteiger partial charge in [-0.05, 0) is 18.4 Å². The van der Waals surface area contributed by atoms with Crippen molar-refractivity contribution in [2.24, 2.45) is 5.73 Å². The fourth-order valence-corrected chi connectivity index (χ4v) is 2.52. The maximum atomic E-state index is 5.83. The second kappa shape index (κ2) is 6.21. The van der Waals surface area contributed by atoms with Gasteiger partial charge in [0, 0.05) is 24.7 Å². The molecule has 1 aromatic carbocycles. The highest BCUT2D eigenvalue weighted by Gasteiger charge is 2.12. The summed E-state index contributed by atoms with van der Waals surface area (Å²) in [5.41, 5.74) is 7.64. The summed E-state index contributed by atoms with van der Waals surface area (Å²) in [6.45, 7) is 0.919. The number of nitrogens with zero attached hydrogens (tertiary/aromatic N) is 2. The second-order valence-corrected chi connectivity index (χ2v) is 5.76. The molecule has 2 rings (SSSR count). The molecular weight excluding hydrogens is 274 g/mol. The number of benzene rings is 1. The van der Waals surface area contributed by atoms with Crippen molar-refractivity contribution in [3.63, 3.8) is 0 Å². The third kappa shape index (κ3) is 3.16. The summed E-state index contributed by atoms with van der Waals surface area (Å²) in [5, 5.41) is 1.06. The van der Waals surface area contributed by atoms with Crippen molar-refractivity contribution in [1.29, 1.82) is 0 Å². The first-order valence-corrected chi connectivity index (χ1v) is 7.83. The number of rotatable bonds is 5. The molecule has 0 unspecified atom stereocenters. The zero-order chi connectivity index (χ0) is 13.8. The highest BCUT2D eigenvalue weighted by atomic mass is 32.2. The molecule has 3 nitrogen and oxygen atoms in total. The Morgan fingerprint density at radius 2 is 2.16 bits per heavy atom. The van der Waals surface area contributed by atoms with E-state index in [1.165, 1.54) is 0 Å². The third-order valence-electron chi connectivity index (χ3n) is 2.96. The van der Waals surface area contributed by atoms with E-state index in [1.807, 2.05) is 49.1 Å². The minimum atomic E-state index is 0.393. The van der Waals surface area contributed by atoms with Gasteiger partial charge in [0.15, 0.2) is 0 Å². The van der Waals surface area contributed by atoms with Gasteiger partial charge in [-0.3, -0.25) is 0 Å². The molecule has 19 heavy (non-hydrogen) atoms. The minimum Gasteiger partial charge on any atom is -0.389 e. The van der Waals surface area contributed by atoms with Crippen LogP contribution in [-0.4, -0.2) is 35.6 Å². The molecule has 0 aliphatic carbocycles. The summed E-state index contributed by atoms with van der Waals surface area (Å²) in [7, 11) is 2.02. The van der Waals surface area contributed by atoms with Gasteiger partial charge in [0.1, 0.15) is 10.8 Å². The van der Waals surface area contributed by atoms with Gasteiger partial charge < -0.3 is 10.6 Å². The molecule has 0 spiro atoms. The first kappa shape index (κ1) is 14.1. The zero-order valence-corrected chi connectivity index (χ0v) is 12.7. The average Bonchev–Trinajstić information content (AvgIpc) is 2.43. The van der Waals surface area contributed by atoms with Crippen LogP contribution < -0.4 is 10.6 Å². The number of pyridine rings is 1. The van der Waals surface area contributed by atoms with E-state index in [4.69, 9.17) is 22.9 Å². The van der Waals surface area contributed by atoms with Gasteiger partial charge in [0.2, 0.25) is 0 Å². The molecule has 0 saturated carbocycles. The monoisotopic (exact) mass is 291 g/mol. The number of thioether (sulfide) groups is 1. The molecule has 100 valence electrons. The van der Waals surface area contributed by atoms with Crippen molar-refractivity contribution >= 4 is 45.7 Å². The Hall–Kier alpha value is -1.33. The molecule has 1 aromatic heterocycles. The Morgan fingerprint density at radius 1 is 1.42 bits per heavy atom. The molecule has 1 heterocycles. The topological polar surface area (TPSA) is 42.2 Å². The Labute approximate surface area is 123 Å². The molecule has 0 radical (unpaired) electrons. The smallest absolute Gasteiger partial charge is 0.139 e. The molecule has 5 heteroatoms. The Bertz CT molecular complexity index is 598.